The van der Waals surface area contributed by atoms with E-state index in [2.05, 4.69) is 5.32 Å². The van der Waals surface area contributed by atoms with Crippen LogP contribution in [0.15, 0.2) is 36.4 Å². The van der Waals surface area contributed by atoms with Gasteiger partial charge in [-0.2, -0.15) is 0 Å². The minimum absolute atomic E-state index is 0.0359. The molecule has 1 fully saturated rings. The fourth-order valence-corrected chi connectivity index (χ4v) is 3.45. The van der Waals surface area contributed by atoms with Gasteiger partial charge in [-0.3, -0.25) is 9.59 Å². The maximum Gasteiger partial charge on any atom is 0.229 e. The quantitative estimate of drug-likeness (QED) is 0.893. The van der Waals surface area contributed by atoms with Gasteiger partial charge < -0.3 is 10.2 Å². The van der Waals surface area contributed by atoms with Gasteiger partial charge in [0.25, 0.3) is 0 Å². The van der Waals surface area contributed by atoms with E-state index < -0.39 is 0 Å². The number of carbonyl (C=O) groups is 2. The molecule has 25 heavy (non-hydrogen) atoms. The molecule has 0 radical (unpaired) electrons. The second-order valence-electron chi connectivity index (χ2n) is 6.64. The largest absolute Gasteiger partial charge is 0.326 e. The summed E-state index contributed by atoms with van der Waals surface area (Å²) >= 11 is 5.99. The van der Waals surface area contributed by atoms with Crippen LogP contribution in [-0.4, -0.2) is 18.4 Å². The van der Waals surface area contributed by atoms with Crippen LogP contribution in [0.5, 0.6) is 0 Å². The van der Waals surface area contributed by atoms with Gasteiger partial charge in [-0.05, 0) is 56.2 Å². The van der Waals surface area contributed by atoms with Gasteiger partial charge in [-0.1, -0.05) is 29.3 Å². The molecule has 0 spiro atoms. The molecule has 1 heterocycles. The molecule has 1 N–H and O–H groups in total. The summed E-state index contributed by atoms with van der Waals surface area (Å²) in [6.45, 7) is 6.28. The molecule has 1 unspecified atom stereocenters. The van der Waals surface area contributed by atoms with Crippen molar-refractivity contribution in [2.24, 2.45) is 5.92 Å². The highest BCUT2D eigenvalue weighted by atomic mass is 35.5. The maximum absolute atomic E-state index is 12.6. The second-order valence-corrected chi connectivity index (χ2v) is 7.08. The predicted octanol–water partition coefficient (Wildman–Crippen LogP) is 4.26. The standard InChI is InChI=1S/C20H21ClN2O2/c1-12-4-6-17(13(2)8-12)22-20(25)15-10-19(24)23(11-15)18-7-5-16(21)9-14(18)3/h4-9,15H,10-11H2,1-3H3,(H,22,25). The third kappa shape index (κ3) is 3.69. The Kier molecular flexibility index (Phi) is 4.82. The van der Waals surface area contributed by atoms with Gasteiger partial charge in [0.2, 0.25) is 11.8 Å². The van der Waals surface area contributed by atoms with Crippen LogP contribution in [0.3, 0.4) is 0 Å². The van der Waals surface area contributed by atoms with Gasteiger partial charge in [0.1, 0.15) is 0 Å². The lowest BCUT2D eigenvalue weighted by Gasteiger charge is -2.19. The van der Waals surface area contributed by atoms with Crippen LogP contribution in [-0.2, 0) is 9.59 Å². The fraction of sp³-hybridized carbons (Fsp3) is 0.300. The van der Waals surface area contributed by atoms with E-state index >= 15 is 0 Å². The molecule has 5 heteroatoms. The van der Waals surface area contributed by atoms with Crippen molar-refractivity contribution in [3.63, 3.8) is 0 Å². The Balaban J connectivity index is 1.74. The number of aryl methyl sites for hydroxylation is 3. The van der Waals surface area contributed by atoms with Crippen LogP contribution >= 0.6 is 11.6 Å². The van der Waals surface area contributed by atoms with Crippen molar-refractivity contribution in [2.45, 2.75) is 27.2 Å². The number of carbonyl (C=O) groups excluding carboxylic acids is 2. The number of rotatable bonds is 3. The van der Waals surface area contributed by atoms with E-state index in [1.165, 1.54) is 0 Å². The van der Waals surface area contributed by atoms with Gasteiger partial charge >= 0.3 is 0 Å². The zero-order valence-corrected chi connectivity index (χ0v) is 15.4. The molecular weight excluding hydrogens is 336 g/mol. The Morgan fingerprint density at radius 2 is 1.88 bits per heavy atom. The van der Waals surface area contributed by atoms with Crippen molar-refractivity contribution in [3.8, 4) is 0 Å². The SMILES string of the molecule is Cc1ccc(NC(=O)C2CC(=O)N(c3ccc(Cl)cc3C)C2)c(C)c1. The topological polar surface area (TPSA) is 49.4 Å². The van der Waals surface area contributed by atoms with Crippen molar-refractivity contribution in [3.05, 3.63) is 58.1 Å². The fourth-order valence-electron chi connectivity index (χ4n) is 3.23. The van der Waals surface area contributed by atoms with Crippen LogP contribution in [0.2, 0.25) is 5.02 Å². The summed E-state index contributed by atoms with van der Waals surface area (Å²) in [6.07, 6.45) is 0.221. The Hall–Kier alpha value is -2.33. The van der Waals surface area contributed by atoms with E-state index in [9.17, 15) is 9.59 Å². The molecule has 1 saturated heterocycles. The predicted molar refractivity (Wildman–Crippen MR) is 101 cm³/mol. The normalized spacial score (nSPS) is 17.0. The minimum atomic E-state index is -0.358. The summed E-state index contributed by atoms with van der Waals surface area (Å²) < 4.78 is 0. The summed E-state index contributed by atoms with van der Waals surface area (Å²) in [5, 5.41) is 3.59. The van der Waals surface area contributed by atoms with Crippen LogP contribution in [0, 0.1) is 26.7 Å². The van der Waals surface area contributed by atoms with Crippen LogP contribution in [0.25, 0.3) is 0 Å². The van der Waals surface area contributed by atoms with Gasteiger partial charge in [0, 0.05) is 29.4 Å². The highest BCUT2D eigenvalue weighted by Gasteiger charge is 2.35. The molecule has 130 valence electrons. The van der Waals surface area contributed by atoms with Gasteiger partial charge in [-0.25, -0.2) is 0 Å². The molecule has 2 amide bonds. The number of hydrogen-bond acceptors (Lipinski definition) is 2. The van der Waals surface area contributed by atoms with E-state index in [1.54, 1.807) is 11.0 Å². The smallest absolute Gasteiger partial charge is 0.229 e. The van der Waals surface area contributed by atoms with Gasteiger partial charge in [-0.15, -0.1) is 0 Å². The molecule has 1 aliphatic heterocycles. The molecular formula is C20H21ClN2O2. The third-order valence-corrected chi connectivity index (χ3v) is 4.82. The average Bonchev–Trinajstić information content (AvgIpc) is 2.92. The lowest BCUT2D eigenvalue weighted by atomic mass is 10.1. The molecule has 0 saturated carbocycles. The molecule has 1 atom stereocenters. The average molecular weight is 357 g/mol. The highest BCUT2D eigenvalue weighted by Crippen LogP contribution is 2.30. The first-order valence-electron chi connectivity index (χ1n) is 8.30. The number of nitrogens with one attached hydrogen (secondary N) is 1. The number of benzene rings is 2. The zero-order chi connectivity index (χ0) is 18.1. The Morgan fingerprint density at radius 1 is 1.12 bits per heavy atom. The highest BCUT2D eigenvalue weighted by molar-refractivity contribution is 6.30. The van der Waals surface area contributed by atoms with Crippen molar-refractivity contribution < 1.29 is 9.59 Å². The van der Waals surface area contributed by atoms with E-state index in [1.807, 2.05) is 51.1 Å². The van der Waals surface area contributed by atoms with Crippen molar-refractivity contribution in [1.82, 2.24) is 0 Å². The van der Waals surface area contributed by atoms with Crippen molar-refractivity contribution in [1.29, 1.82) is 0 Å². The monoisotopic (exact) mass is 356 g/mol. The number of anilines is 2. The van der Waals surface area contributed by atoms with Gasteiger partial charge in [0.15, 0.2) is 0 Å². The number of halogens is 1. The van der Waals surface area contributed by atoms with Gasteiger partial charge in [0.05, 0.1) is 5.92 Å². The minimum Gasteiger partial charge on any atom is -0.326 e. The summed E-state index contributed by atoms with van der Waals surface area (Å²) in [7, 11) is 0. The third-order valence-electron chi connectivity index (χ3n) is 4.59. The molecule has 2 aromatic carbocycles. The number of nitrogens with zero attached hydrogens (tertiary/aromatic N) is 1. The molecule has 0 aliphatic carbocycles. The number of amides is 2. The van der Waals surface area contributed by atoms with E-state index in [0.29, 0.717) is 11.6 Å². The summed E-state index contributed by atoms with van der Waals surface area (Å²) in [5.74, 6) is -0.510. The zero-order valence-electron chi connectivity index (χ0n) is 14.6. The van der Waals surface area contributed by atoms with Crippen LogP contribution in [0.4, 0.5) is 11.4 Å². The van der Waals surface area contributed by atoms with Crippen LogP contribution < -0.4 is 10.2 Å². The summed E-state index contributed by atoms with van der Waals surface area (Å²) in [4.78, 5) is 26.7. The Labute approximate surface area is 152 Å². The first-order chi connectivity index (χ1) is 11.8. The molecule has 0 bridgehead atoms. The molecule has 0 aromatic heterocycles. The van der Waals surface area contributed by atoms with E-state index in [4.69, 9.17) is 11.6 Å². The van der Waals surface area contributed by atoms with Crippen LogP contribution in [0.1, 0.15) is 23.1 Å². The summed E-state index contributed by atoms with van der Waals surface area (Å²) in [6, 6.07) is 11.3. The first-order valence-corrected chi connectivity index (χ1v) is 8.67. The molecule has 4 nitrogen and oxygen atoms in total. The lowest BCUT2D eigenvalue weighted by molar-refractivity contribution is -0.122. The summed E-state index contributed by atoms with van der Waals surface area (Å²) in [5.41, 5.74) is 4.70. The van der Waals surface area contributed by atoms with Crippen molar-refractivity contribution in [2.75, 3.05) is 16.8 Å². The number of hydrogen-bond donors (Lipinski definition) is 1. The maximum atomic E-state index is 12.6. The molecule has 3 rings (SSSR count). The molecule has 1 aliphatic rings. The lowest BCUT2D eigenvalue weighted by Crippen LogP contribution is -2.28. The Bertz CT molecular complexity index is 848. The Morgan fingerprint density at radius 3 is 2.56 bits per heavy atom. The second kappa shape index (κ2) is 6.89. The molecule has 2 aromatic rings. The van der Waals surface area contributed by atoms with Crippen molar-refractivity contribution >= 4 is 34.8 Å². The first kappa shape index (κ1) is 17.5. The van der Waals surface area contributed by atoms with E-state index in [0.717, 1.165) is 28.1 Å². The van der Waals surface area contributed by atoms with E-state index in [-0.39, 0.29) is 24.2 Å².